The SMILES string of the molecule is CCCCN(C(=O)Nc1c(C(C)C)cc(-c2cccc(C#CC(N)(CC)CC)c2)cc1C(C)C)c1cc2cccnc2[nH]c1=O. The second-order valence-corrected chi connectivity index (χ2v) is 12.4. The zero-order valence-corrected chi connectivity index (χ0v) is 27.8. The number of hydrogen-bond donors (Lipinski definition) is 3. The number of aromatic amines is 1. The van der Waals surface area contributed by atoms with Gasteiger partial charge in [0.1, 0.15) is 11.3 Å². The van der Waals surface area contributed by atoms with Gasteiger partial charge in [-0.2, -0.15) is 0 Å². The van der Waals surface area contributed by atoms with Gasteiger partial charge in [0.05, 0.1) is 5.54 Å². The molecule has 45 heavy (non-hydrogen) atoms. The Morgan fingerprint density at radius 3 is 2.29 bits per heavy atom. The van der Waals surface area contributed by atoms with Crippen LogP contribution >= 0.6 is 0 Å². The second kappa shape index (κ2) is 14.6. The highest BCUT2D eigenvalue weighted by molar-refractivity contribution is 6.03. The fourth-order valence-corrected chi connectivity index (χ4v) is 5.35. The molecule has 0 radical (unpaired) electrons. The van der Waals surface area contributed by atoms with Crippen LogP contribution in [0.3, 0.4) is 0 Å². The molecule has 0 fully saturated rings. The van der Waals surface area contributed by atoms with Crippen molar-refractivity contribution in [1.82, 2.24) is 9.97 Å². The van der Waals surface area contributed by atoms with Crippen LogP contribution in [0.25, 0.3) is 22.2 Å². The normalized spacial score (nSPS) is 11.5. The van der Waals surface area contributed by atoms with Gasteiger partial charge in [0.2, 0.25) is 0 Å². The van der Waals surface area contributed by atoms with E-state index in [1.165, 1.54) is 0 Å². The molecular formula is C38H47N5O2. The summed E-state index contributed by atoms with van der Waals surface area (Å²) in [5.74, 6) is 6.84. The average molecular weight is 606 g/mol. The first-order valence-corrected chi connectivity index (χ1v) is 16.2. The Kier molecular flexibility index (Phi) is 10.8. The number of nitrogens with zero attached hydrogens (tertiary/aromatic N) is 2. The Morgan fingerprint density at radius 2 is 1.67 bits per heavy atom. The van der Waals surface area contributed by atoms with Crippen LogP contribution in [0.4, 0.5) is 16.2 Å². The van der Waals surface area contributed by atoms with E-state index < -0.39 is 5.54 Å². The summed E-state index contributed by atoms with van der Waals surface area (Å²) in [5.41, 5.74) is 12.3. The number of benzene rings is 2. The van der Waals surface area contributed by atoms with Crippen LogP contribution in [-0.4, -0.2) is 28.1 Å². The highest BCUT2D eigenvalue weighted by Crippen LogP contribution is 2.38. The number of amides is 2. The minimum Gasteiger partial charge on any atom is -0.315 e. The lowest BCUT2D eigenvalue weighted by Crippen LogP contribution is -2.39. The van der Waals surface area contributed by atoms with E-state index in [9.17, 15) is 9.59 Å². The zero-order valence-electron chi connectivity index (χ0n) is 27.8. The van der Waals surface area contributed by atoms with Crippen molar-refractivity contribution in [2.75, 3.05) is 16.8 Å². The number of fused-ring (bicyclic) bond motifs is 1. The van der Waals surface area contributed by atoms with E-state index in [2.05, 4.69) is 99.9 Å². The molecule has 7 nitrogen and oxygen atoms in total. The van der Waals surface area contributed by atoms with E-state index in [1.807, 2.05) is 24.3 Å². The van der Waals surface area contributed by atoms with Crippen molar-refractivity contribution in [2.24, 2.45) is 5.73 Å². The molecule has 4 rings (SSSR count). The lowest BCUT2D eigenvalue weighted by atomic mass is 9.88. The van der Waals surface area contributed by atoms with Gasteiger partial charge in [0.25, 0.3) is 5.56 Å². The summed E-state index contributed by atoms with van der Waals surface area (Å²) in [6, 6.07) is 17.7. The van der Waals surface area contributed by atoms with Gasteiger partial charge in [-0.15, -0.1) is 0 Å². The fraction of sp³-hybridized carbons (Fsp3) is 0.395. The first-order chi connectivity index (χ1) is 21.5. The quantitative estimate of drug-likeness (QED) is 0.158. The standard InChI is InChI=1S/C38H47N5O2/c1-8-11-20-43(33-24-29-16-13-19-40-35(29)42-36(33)44)37(45)41-34-31(25(4)5)22-30(23-32(34)26(6)7)28-15-12-14-27(21-28)17-18-38(39,9-2)10-3/h12-16,19,21-26H,8-11,20,39H2,1-7H3,(H,41,45)(H,40,42,44). The number of H-pyrrole nitrogens is 1. The van der Waals surface area contributed by atoms with Crippen LogP contribution in [0.2, 0.25) is 0 Å². The second-order valence-electron chi connectivity index (χ2n) is 12.4. The van der Waals surface area contributed by atoms with Crippen LogP contribution in [0.5, 0.6) is 0 Å². The molecule has 0 saturated carbocycles. The third-order valence-corrected chi connectivity index (χ3v) is 8.46. The third-order valence-electron chi connectivity index (χ3n) is 8.46. The number of aromatic nitrogens is 2. The molecule has 2 aromatic heterocycles. The van der Waals surface area contributed by atoms with Gasteiger partial charge in [0.15, 0.2) is 0 Å². The number of rotatable bonds is 10. The van der Waals surface area contributed by atoms with Gasteiger partial charge in [-0.25, -0.2) is 9.78 Å². The predicted octanol–water partition coefficient (Wildman–Crippen LogP) is 8.54. The van der Waals surface area contributed by atoms with Crippen LogP contribution in [0.1, 0.15) is 103 Å². The Balaban J connectivity index is 1.77. The maximum absolute atomic E-state index is 14.1. The van der Waals surface area contributed by atoms with Crippen LogP contribution in [-0.2, 0) is 0 Å². The van der Waals surface area contributed by atoms with Crippen LogP contribution < -0.4 is 21.5 Å². The number of hydrogen-bond acceptors (Lipinski definition) is 4. The topological polar surface area (TPSA) is 104 Å². The van der Waals surface area contributed by atoms with E-state index in [4.69, 9.17) is 5.73 Å². The van der Waals surface area contributed by atoms with Crippen molar-refractivity contribution in [3.8, 4) is 23.0 Å². The van der Waals surface area contributed by atoms with Gasteiger partial charge in [0, 0.05) is 29.4 Å². The smallest absolute Gasteiger partial charge is 0.315 e. The van der Waals surface area contributed by atoms with Crippen molar-refractivity contribution >= 4 is 28.4 Å². The number of nitrogens with two attached hydrogens (primary N) is 1. The molecule has 7 heteroatoms. The number of carbonyl (C=O) groups excluding carboxylic acids is 1. The van der Waals surface area contributed by atoms with E-state index in [-0.39, 0.29) is 23.4 Å². The molecule has 4 aromatic rings. The Labute approximate surface area is 267 Å². The van der Waals surface area contributed by atoms with Crippen molar-refractivity contribution in [3.05, 3.63) is 87.8 Å². The molecule has 2 aromatic carbocycles. The largest absolute Gasteiger partial charge is 0.326 e. The predicted molar refractivity (Wildman–Crippen MR) is 188 cm³/mol. The minimum absolute atomic E-state index is 0.131. The Hall–Kier alpha value is -4.41. The summed E-state index contributed by atoms with van der Waals surface area (Å²) in [7, 11) is 0. The maximum atomic E-state index is 14.1. The van der Waals surface area contributed by atoms with E-state index in [1.54, 1.807) is 17.2 Å². The molecule has 0 aliphatic heterocycles. The van der Waals surface area contributed by atoms with Gasteiger partial charge >= 0.3 is 6.03 Å². The molecule has 0 unspecified atom stereocenters. The molecular weight excluding hydrogens is 558 g/mol. The molecule has 2 heterocycles. The Morgan fingerprint density at radius 1 is 0.978 bits per heavy atom. The maximum Gasteiger partial charge on any atom is 0.326 e. The number of nitrogens with one attached hydrogen (secondary N) is 2. The minimum atomic E-state index is -0.495. The van der Waals surface area contributed by atoms with Crippen LogP contribution in [0, 0.1) is 11.8 Å². The lowest BCUT2D eigenvalue weighted by molar-refractivity contribution is 0.256. The summed E-state index contributed by atoms with van der Waals surface area (Å²) in [5, 5.41) is 4.02. The first kappa shape index (κ1) is 33.5. The van der Waals surface area contributed by atoms with Crippen LogP contribution in [0.15, 0.2) is 65.6 Å². The molecule has 0 bridgehead atoms. The number of pyridine rings is 2. The Bertz CT molecular complexity index is 1740. The number of carbonyl (C=O) groups is 1. The first-order valence-electron chi connectivity index (χ1n) is 16.2. The van der Waals surface area contributed by atoms with Gasteiger partial charge in [-0.3, -0.25) is 9.69 Å². The van der Waals surface area contributed by atoms with Crippen molar-refractivity contribution < 1.29 is 4.79 Å². The summed E-state index contributed by atoms with van der Waals surface area (Å²) >= 11 is 0. The number of unbranched alkanes of at least 4 members (excludes halogenated alkanes) is 1. The third kappa shape index (κ3) is 7.82. The molecule has 2 amide bonds. The average Bonchev–Trinajstić information content (AvgIpc) is 3.03. The molecule has 0 aliphatic carbocycles. The highest BCUT2D eigenvalue weighted by Gasteiger charge is 2.24. The fourth-order valence-electron chi connectivity index (χ4n) is 5.35. The van der Waals surface area contributed by atoms with E-state index in [0.717, 1.165) is 64.6 Å². The summed E-state index contributed by atoms with van der Waals surface area (Å²) in [4.78, 5) is 35.9. The zero-order chi connectivity index (χ0) is 32.7. The van der Waals surface area contributed by atoms with Crippen molar-refractivity contribution in [3.63, 3.8) is 0 Å². The summed E-state index contributed by atoms with van der Waals surface area (Å²) in [6.45, 7) is 15.1. The molecule has 0 atom stereocenters. The molecule has 0 aliphatic rings. The molecule has 0 spiro atoms. The summed E-state index contributed by atoms with van der Waals surface area (Å²) < 4.78 is 0. The van der Waals surface area contributed by atoms with Crippen molar-refractivity contribution in [2.45, 2.75) is 91.5 Å². The summed E-state index contributed by atoms with van der Waals surface area (Å²) in [6.07, 6.45) is 4.86. The van der Waals surface area contributed by atoms with Crippen molar-refractivity contribution in [1.29, 1.82) is 0 Å². The van der Waals surface area contributed by atoms with E-state index in [0.29, 0.717) is 17.9 Å². The molecule has 0 saturated heterocycles. The van der Waals surface area contributed by atoms with Gasteiger partial charge in [-0.05, 0) is 95.8 Å². The molecule has 236 valence electrons. The number of anilines is 2. The monoisotopic (exact) mass is 605 g/mol. The van der Waals surface area contributed by atoms with Gasteiger partial charge in [-0.1, -0.05) is 78.9 Å². The van der Waals surface area contributed by atoms with E-state index >= 15 is 0 Å². The number of urea groups is 1. The highest BCUT2D eigenvalue weighted by atomic mass is 16.2. The lowest BCUT2D eigenvalue weighted by Gasteiger charge is -2.27. The molecule has 4 N–H and O–H groups in total. The van der Waals surface area contributed by atoms with Gasteiger partial charge < -0.3 is 16.0 Å².